The molecule has 0 saturated carbocycles. The zero-order valence-corrected chi connectivity index (χ0v) is 13.2. The number of amides is 1. The smallest absolute Gasteiger partial charge is 0.259 e. The van der Waals surface area contributed by atoms with Gasteiger partial charge >= 0.3 is 0 Å². The number of benzene rings is 1. The molecule has 1 aromatic rings. The highest BCUT2D eigenvalue weighted by atomic mass is 16.5. The fourth-order valence-electron chi connectivity index (χ4n) is 1.88. The van der Waals surface area contributed by atoms with Crippen molar-refractivity contribution in [2.24, 2.45) is 0 Å². The van der Waals surface area contributed by atoms with Gasteiger partial charge in [0.2, 0.25) is 0 Å². The molecule has 20 heavy (non-hydrogen) atoms. The highest BCUT2D eigenvalue weighted by molar-refractivity contribution is 5.77. The van der Waals surface area contributed by atoms with Crippen molar-refractivity contribution < 1.29 is 9.53 Å². The first-order chi connectivity index (χ1) is 9.45. The van der Waals surface area contributed by atoms with Crippen molar-refractivity contribution in [1.82, 2.24) is 10.2 Å². The number of rotatable bonds is 7. The van der Waals surface area contributed by atoms with Gasteiger partial charge in [-0.2, -0.15) is 0 Å². The first-order valence-corrected chi connectivity index (χ1v) is 7.12. The first-order valence-electron chi connectivity index (χ1n) is 7.12. The van der Waals surface area contributed by atoms with Gasteiger partial charge in [0.05, 0.1) is 0 Å². The van der Waals surface area contributed by atoms with E-state index >= 15 is 0 Å². The van der Waals surface area contributed by atoms with Gasteiger partial charge in [0, 0.05) is 25.7 Å². The quantitative estimate of drug-likeness (QED) is 0.833. The van der Waals surface area contributed by atoms with Crippen LogP contribution in [0.3, 0.4) is 0 Å². The summed E-state index contributed by atoms with van der Waals surface area (Å²) >= 11 is 0. The van der Waals surface area contributed by atoms with Gasteiger partial charge in [-0.15, -0.1) is 0 Å². The summed E-state index contributed by atoms with van der Waals surface area (Å²) in [5.74, 6) is 0.743. The Hall–Kier alpha value is -1.55. The molecule has 0 saturated heterocycles. The number of likely N-dealkylation sites (N-methyl/N-ethyl adjacent to an activating group) is 1. The van der Waals surface area contributed by atoms with E-state index in [0.717, 1.165) is 24.3 Å². The Balaban J connectivity index is 2.81. The van der Waals surface area contributed by atoms with Gasteiger partial charge < -0.3 is 15.0 Å². The van der Waals surface area contributed by atoms with E-state index in [1.54, 1.807) is 14.1 Å². The van der Waals surface area contributed by atoms with Crippen LogP contribution in [0.25, 0.3) is 0 Å². The van der Waals surface area contributed by atoms with E-state index in [0.29, 0.717) is 0 Å². The number of hydrogen-bond donors (Lipinski definition) is 1. The largest absolute Gasteiger partial charge is 0.483 e. The Labute approximate surface area is 122 Å². The molecule has 1 aromatic carbocycles. The standard InChI is InChI=1S/C16H26N2O2/c1-6-9-17-13(3)14-10-12(2)7-8-15(14)20-11-16(19)18(4)5/h7-8,10,13,17H,6,9,11H2,1-5H3. The molecule has 0 spiro atoms. The molecule has 0 fully saturated rings. The van der Waals surface area contributed by atoms with Crippen molar-refractivity contribution in [3.05, 3.63) is 29.3 Å². The number of carbonyl (C=O) groups excluding carboxylic acids is 1. The summed E-state index contributed by atoms with van der Waals surface area (Å²) in [5, 5.41) is 3.45. The number of ether oxygens (including phenoxy) is 1. The molecule has 1 atom stereocenters. The van der Waals surface area contributed by atoms with Gasteiger partial charge in [-0.25, -0.2) is 0 Å². The third-order valence-corrected chi connectivity index (χ3v) is 3.18. The van der Waals surface area contributed by atoms with Gasteiger partial charge in [0.25, 0.3) is 5.91 Å². The van der Waals surface area contributed by atoms with Crippen molar-refractivity contribution in [3.63, 3.8) is 0 Å². The first kappa shape index (κ1) is 16.5. The zero-order chi connectivity index (χ0) is 15.1. The van der Waals surface area contributed by atoms with Gasteiger partial charge in [-0.3, -0.25) is 4.79 Å². The van der Waals surface area contributed by atoms with E-state index < -0.39 is 0 Å². The number of aryl methyl sites for hydroxylation is 1. The van der Waals surface area contributed by atoms with Crippen LogP contribution in [0.15, 0.2) is 18.2 Å². The van der Waals surface area contributed by atoms with E-state index in [4.69, 9.17) is 4.74 Å². The van der Waals surface area contributed by atoms with Crippen LogP contribution >= 0.6 is 0 Å². The minimum atomic E-state index is -0.0364. The molecule has 0 aromatic heterocycles. The van der Waals surface area contributed by atoms with E-state index in [-0.39, 0.29) is 18.6 Å². The lowest BCUT2D eigenvalue weighted by Crippen LogP contribution is -2.28. The van der Waals surface area contributed by atoms with Crippen molar-refractivity contribution in [3.8, 4) is 5.75 Å². The van der Waals surface area contributed by atoms with Crippen LogP contribution < -0.4 is 10.1 Å². The Morgan fingerprint density at radius 3 is 2.70 bits per heavy atom. The van der Waals surface area contributed by atoms with Crippen LogP contribution in [0.5, 0.6) is 5.75 Å². The molecule has 0 aliphatic heterocycles. The lowest BCUT2D eigenvalue weighted by Gasteiger charge is -2.19. The molecule has 1 amide bonds. The molecule has 1 N–H and O–H groups in total. The van der Waals surface area contributed by atoms with Crippen LogP contribution in [-0.2, 0) is 4.79 Å². The molecule has 112 valence electrons. The molecule has 0 heterocycles. The molecular weight excluding hydrogens is 252 g/mol. The molecule has 1 unspecified atom stereocenters. The van der Waals surface area contributed by atoms with Crippen LogP contribution in [0.1, 0.15) is 37.4 Å². The van der Waals surface area contributed by atoms with Gasteiger partial charge in [0.15, 0.2) is 6.61 Å². The maximum absolute atomic E-state index is 11.6. The van der Waals surface area contributed by atoms with E-state index in [1.165, 1.54) is 10.5 Å². The second-order valence-electron chi connectivity index (χ2n) is 5.29. The second-order valence-corrected chi connectivity index (χ2v) is 5.29. The predicted molar refractivity (Wildman–Crippen MR) is 82.1 cm³/mol. The maximum atomic E-state index is 11.6. The Bertz CT molecular complexity index is 444. The van der Waals surface area contributed by atoms with E-state index in [1.807, 2.05) is 12.1 Å². The Morgan fingerprint density at radius 2 is 2.10 bits per heavy atom. The topological polar surface area (TPSA) is 41.6 Å². The normalized spacial score (nSPS) is 12.1. The lowest BCUT2D eigenvalue weighted by molar-refractivity contribution is -0.130. The summed E-state index contributed by atoms with van der Waals surface area (Å²) in [6.45, 7) is 7.35. The summed E-state index contributed by atoms with van der Waals surface area (Å²) in [6, 6.07) is 6.27. The van der Waals surface area contributed by atoms with Crippen LogP contribution in [0.2, 0.25) is 0 Å². The van der Waals surface area contributed by atoms with Crippen molar-refractivity contribution >= 4 is 5.91 Å². The average Bonchev–Trinajstić information content (AvgIpc) is 2.42. The monoisotopic (exact) mass is 278 g/mol. The number of hydrogen-bond acceptors (Lipinski definition) is 3. The van der Waals surface area contributed by atoms with Crippen molar-refractivity contribution in [1.29, 1.82) is 0 Å². The predicted octanol–water partition coefficient (Wildman–Crippen LogP) is 2.52. The molecule has 4 nitrogen and oxygen atoms in total. The zero-order valence-electron chi connectivity index (χ0n) is 13.2. The third-order valence-electron chi connectivity index (χ3n) is 3.18. The molecule has 0 aliphatic carbocycles. The maximum Gasteiger partial charge on any atom is 0.259 e. The highest BCUT2D eigenvalue weighted by Crippen LogP contribution is 2.26. The highest BCUT2D eigenvalue weighted by Gasteiger charge is 2.13. The fourth-order valence-corrected chi connectivity index (χ4v) is 1.88. The second kappa shape index (κ2) is 7.90. The summed E-state index contributed by atoms with van der Waals surface area (Å²) in [7, 11) is 3.46. The molecular formula is C16H26N2O2. The van der Waals surface area contributed by atoms with Crippen LogP contribution in [0.4, 0.5) is 0 Å². The van der Waals surface area contributed by atoms with Gasteiger partial charge in [0.1, 0.15) is 5.75 Å². The third kappa shape index (κ3) is 4.85. The Morgan fingerprint density at radius 1 is 1.40 bits per heavy atom. The van der Waals surface area contributed by atoms with E-state index in [2.05, 4.69) is 32.2 Å². The molecule has 0 aliphatic rings. The summed E-state index contributed by atoms with van der Waals surface area (Å²) in [4.78, 5) is 13.2. The van der Waals surface area contributed by atoms with Crippen molar-refractivity contribution in [2.75, 3.05) is 27.2 Å². The minimum absolute atomic E-state index is 0.0364. The lowest BCUT2D eigenvalue weighted by atomic mass is 10.0. The number of nitrogens with zero attached hydrogens (tertiary/aromatic N) is 1. The minimum Gasteiger partial charge on any atom is -0.483 e. The number of nitrogens with one attached hydrogen (secondary N) is 1. The summed E-state index contributed by atoms with van der Waals surface area (Å²) < 4.78 is 5.69. The van der Waals surface area contributed by atoms with Gasteiger partial charge in [-0.05, 0) is 32.9 Å². The van der Waals surface area contributed by atoms with Crippen molar-refractivity contribution in [2.45, 2.75) is 33.2 Å². The average molecular weight is 278 g/mol. The molecule has 4 heteroatoms. The summed E-state index contributed by atoms with van der Waals surface area (Å²) in [5.41, 5.74) is 2.29. The van der Waals surface area contributed by atoms with Crippen LogP contribution in [0, 0.1) is 6.92 Å². The van der Waals surface area contributed by atoms with E-state index in [9.17, 15) is 4.79 Å². The molecule has 0 radical (unpaired) electrons. The Kier molecular flexibility index (Phi) is 6.52. The number of carbonyl (C=O) groups is 1. The SMILES string of the molecule is CCCNC(C)c1cc(C)ccc1OCC(=O)N(C)C. The molecule has 0 bridgehead atoms. The van der Waals surface area contributed by atoms with Gasteiger partial charge in [-0.1, -0.05) is 24.6 Å². The summed E-state index contributed by atoms with van der Waals surface area (Å²) in [6.07, 6.45) is 1.09. The molecule has 1 rings (SSSR count). The fraction of sp³-hybridized carbons (Fsp3) is 0.562. The van der Waals surface area contributed by atoms with Crippen LogP contribution in [-0.4, -0.2) is 38.1 Å².